The van der Waals surface area contributed by atoms with E-state index in [1.54, 1.807) is 25.1 Å². The van der Waals surface area contributed by atoms with Gasteiger partial charge in [0.1, 0.15) is 0 Å². The van der Waals surface area contributed by atoms with E-state index in [-0.39, 0.29) is 0 Å². The maximum atomic E-state index is 12.4. The van der Waals surface area contributed by atoms with E-state index < -0.39 is 11.7 Å². The Morgan fingerprint density at radius 3 is 2.62 bits per heavy atom. The predicted molar refractivity (Wildman–Crippen MR) is 59.0 cm³/mol. The van der Waals surface area contributed by atoms with Crippen molar-refractivity contribution >= 4 is 5.69 Å². The number of anilines is 1. The van der Waals surface area contributed by atoms with Crippen LogP contribution in [0.2, 0.25) is 0 Å². The number of allylic oxidation sites excluding steroid dienone is 2. The first-order valence-electron chi connectivity index (χ1n) is 4.69. The lowest BCUT2D eigenvalue weighted by atomic mass is 10.2. The van der Waals surface area contributed by atoms with Crippen LogP contribution in [-0.2, 0) is 6.18 Å². The molecule has 0 aromatic heterocycles. The van der Waals surface area contributed by atoms with E-state index >= 15 is 0 Å². The molecule has 0 amide bonds. The largest absolute Gasteiger partial charge is 0.416 e. The van der Waals surface area contributed by atoms with Gasteiger partial charge in [0, 0.05) is 11.4 Å². The molecule has 0 unspecified atom stereocenters. The molecule has 0 radical (unpaired) electrons. The lowest BCUT2D eigenvalue weighted by molar-refractivity contribution is -0.137. The highest BCUT2D eigenvalue weighted by Crippen LogP contribution is 2.30. The Balaban J connectivity index is 2.87. The number of alkyl halides is 3. The maximum Gasteiger partial charge on any atom is 0.416 e. The van der Waals surface area contributed by atoms with Crippen LogP contribution in [0.3, 0.4) is 0 Å². The van der Waals surface area contributed by atoms with Gasteiger partial charge < -0.3 is 5.32 Å². The van der Waals surface area contributed by atoms with Crippen molar-refractivity contribution in [3.8, 4) is 0 Å². The normalized spacial score (nSPS) is 11.8. The Bertz CT molecular complexity index is 405. The van der Waals surface area contributed by atoms with Gasteiger partial charge in [0.15, 0.2) is 0 Å². The number of hydrogen-bond donors (Lipinski definition) is 1. The van der Waals surface area contributed by atoms with Gasteiger partial charge in [-0.05, 0) is 31.2 Å². The predicted octanol–water partition coefficient (Wildman–Crippen LogP) is 4.21. The van der Waals surface area contributed by atoms with E-state index in [1.807, 2.05) is 0 Å². The van der Waals surface area contributed by atoms with Gasteiger partial charge in [-0.15, -0.1) is 0 Å². The second-order valence-electron chi connectivity index (χ2n) is 3.23. The van der Waals surface area contributed by atoms with Crippen LogP contribution in [0.25, 0.3) is 0 Å². The van der Waals surface area contributed by atoms with Gasteiger partial charge in [0.2, 0.25) is 0 Å². The van der Waals surface area contributed by atoms with Crippen LogP contribution in [0.4, 0.5) is 18.9 Å². The number of rotatable bonds is 3. The zero-order valence-electron chi connectivity index (χ0n) is 8.81. The number of halogens is 3. The van der Waals surface area contributed by atoms with Crippen LogP contribution in [0.5, 0.6) is 0 Å². The number of nitrogens with one attached hydrogen (secondary N) is 1. The molecule has 0 aliphatic carbocycles. The second kappa shape index (κ2) is 4.88. The van der Waals surface area contributed by atoms with Crippen molar-refractivity contribution in [3.63, 3.8) is 0 Å². The van der Waals surface area contributed by atoms with Crippen LogP contribution in [0.15, 0.2) is 48.7 Å². The molecule has 0 saturated heterocycles. The summed E-state index contributed by atoms with van der Waals surface area (Å²) in [6, 6.07) is 5.00. The average molecular weight is 227 g/mol. The van der Waals surface area contributed by atoms with Crippen LogP contribution in [0.1, 0.15) is 12.5 Å². The topological polar surface area (TPSA) is 12.0 Å². The molecule has 1 aromatic rings. The molecule has 0 aliphatic rings. The Kier molecular flexibility index (Phi) is 3.77. The molecule has 0 saturated carbocycles. The molecule has 0 spiro atoms. The van der Waals surface area contributed by atoms with E-state index in [0.717, 1.165) is 12.1 Å². The number of hydrogen-bond acceptors (Lipinski definition) is 1. The molecule has 4 heteroatoms. The van der Waals surface area contributed by atoms with Gasteiger partial charge in [-0.3, -0.25) is 0 Å². The molecule has 0 fully saturated rings. The molecular formula is C12H12F3N. The molecular weight excluding hydrogens is 215 g/mol. The molecule has 16 heavy (non-hydrogen) atoms. The van der Waals surface area contributed by atoms with E-state index in [9.17, 15) is 13.2 Å². The fourth-order valence-electron chi connectivity index (χ4n) is 1.20. The van der Waals surface area contributed by atoms with Crippen LogP contribution in [0, 0.1) is 0 Å². The molecule has 1 aromatic carbocycles. The van der Waals surface area contributed by atoms with Crippen molar-refractivity contribution < 1.29 is 13.2 Å². The van der Waals surface area contributed by atoms with Crippen molar-refractivity contribution in [2.45, 2.75) is 13.1 Å². The molecule has 0 heterocycles. The monoisotopic (exact) mass is 227 g/mol. The molecule has 0 bridgehead atoms. The second-order valence-corrected chi connectivity index (χ2v) is 3.23. The quantitative estimate of drug-likeness (QED) is 0.763. The molecule has 1 rings (SSSR count). The summed E-state index contributed by atoms with van der Waals surface area (Å²) in [5, 5.41) is 2.77. The van der Waals surface area contributed by atoms with E-state index in [1.165, 1.54) is 6.07 Å². The fraction of sp³-hybridized carbons (Fsp3) is 0.167. The van der Waals surface area contributed by atoms with Crippen molar-refractivity contribution in [3.05, 3.63) is 54.3 Å². The van der Waals surface area contributed by atoms with E-state index in [4.69, 9.17) is 0 Å². The first-order valence-corrected chi connectivity index (χ1v) is 4.69. The summed E-state index contributed by atoms with van der Waals surface area (Å²) in [4.78, 5) is 0. The SMILES string of the molecule is C=C(/C=C\C)Nc1cccc(C(F)(F)F)c1. The van der Waals surface area contributed by atoms with Crippen LogP contribution in [-0.4, -0.2) is 0 Å². The van der Waals surface area contributed by atoms with E-state index in [0.29, 0.717) is 11.4 Å². The first kappa shape index (κ1) is 12.4. The van der Waals surface area contributed by atoms with E-state index in [2.05, 4.69) is 11.9 Å². The van der Waals surface area contributed by atoms with Crippen molar-refractivity contribution in [2.24, 2.45) is 0 Å². The Hall–Kier alpha value is -1.71. The summed E-state index contributed by atoms with van der Waals surface area (Å²) >= 11 is 0. The van der Waals surface area contributed by atoms with Crippen LogP contribution < -0.4 is 5.32 Å². The third kappa shape index (κ3) is 3.46. The zero-order valence-corrected chi connectivity index (χ0v) is 8.81. The summed E-state index contributed by atoms with van der Waals surface area (Å²) in [5.74, 6) is 0. The third-order valence-corrected chi connectivity index (χ3v) is 1.86. The summed E-state index contributed by atoms with van der Waals surface area (Å²) < 4.78 is 37.2. The van der Waals surface area contributed by atoms with Gasteiger partial charge in [-0.2, -0.15) is 13.2 Å². The smallest absolute Gasteiger partial charge is 0.356 e. The average Bonchev–Trinajstić information content (AvgIpc) is 2.17. The summed E-state index contributed by atoms with van der Waals surface area (Å²) in [7, 11) is 0. The molecule has 86 valence electrons. The Morgan fingerprint density at radius 1 is 1.38 bits per heavy atom. The minimum absolute atomic E-state index is 0.373. The minimum atomic E-state index is -4.32. The highest BCUT2D eigenvalue weighted by molar-refractivity contribution is 5.52. The highest BCUT2D eigenvalue weighted by atomic mass is 19.4. The van der Waals surface area contributed by atoms with Gasteiger partial charge in [0.25, 0.3) is 0 Å². The van der Waals surface area contributed by atoms with Crippen LogP contribution >= 0.6 is 0 Å². The lowest BCUT2D eigenvalue weighted by Crippen LogP contribution is -2.05. The standard InChI is InChI=1S/C12H12F3N/c1-3-5-9(2)16-11-7-4-6-10(8-11)12(13,14)15/h3-8,16H,2H2,1H3/b5-3-. The van der Waals surface area contributed by atoms with Gasteiger partial charge in [0.05, 0.1) is 5.56 Å². The zero-order chi connectivity index (χ0) is 12.2. The Morgan fingerprint density at radius 2 is 2.06 bits per heavy atom. The summed E-state index contributed by atoms with van der Waals surface area (Å²) in [6.45, 7) is 5.46. The molecule has 0 atom stereocenters. The third-order valence-electron chi connectivity index (χ3n) is 1.86. The molecule has 1 N–H and O–H groups in total. The number of benzene rings is 1. The minimum Gasteiger partial charge on any atom is -0.356 e. The van der Waals surface area contributed by atoms with Gasteiger partial charge in [-0.1, -0.05) is 18.7 Å². The van der Waals surface area contributed by atoms with Gasteiger partial charge >= 0.3 is 6.18 Å². The summed E-state index contributed by atoms with van der Waals surface area (Å²) in [6.07, 6.45) is -0.886. The summed E-state index contributed by atoms with van der Waals surface area (Å²) in [5.41, 5.74) is 0.241. The van der Waals surface area contributed by atoms with Crippen molar-refractivity contribution in [1.29, 1.82) is 0 Å². The Labute approximate surface area is 92.3 Å². The maximum absolute atomic E-state index is 12.4. The fourth-order valence-corrected chi connectivity index (χ4v) is 1.20. The molecule has 1 nitrogen and oxygen atoms in total. The first-order chi connectivity index (χ1) is 7.43. The van der Waals surface area contributed by atoms with Crippen molar-refractivity contribution in [2.75, 3.05) is 5.32 Å². The molecule has 0 aliphatic heterocycles. The van der Waals surface area contributed by atoms with Crippen molar-refractivity contribution in [1.82, 2.24) is 0 Å². The highest BCUT2D eigenvalue weighted by Gasteiger charge is 2.30. The lowest BCUT2D eigenvalue weighted by Gasteiger charge is -2.10. The van der Waals surface area contributed by atoms with Gasteiger partial charge in [-0.25, -0.2) is 0 Å².